The van der Waals surface area contributed by atoms with E-state index in [1.165, 1.54) is 0 Å². The molecule has 0 bridgehead atoms. The molecule has 0 amide bonds. The lowest BCUT2D eigenvalue weighted by Gasteiger charge is -2.72. The van der Waals surface area contributed by atoms with Crippen LogP contribution in [0.3, 0.4) is 0 Å². The fourth-order valence-corrected chi connectivity index (χ4v) is 11.4. The van der Waals surface area contributed by atoms with Crippen LogP contribution < -0.4 is 0 Å². The van der Waals surface area contributed by atoms with Gasteiger partial charge in [0, 0.05) is 5.92 Å². The second kappa shape index (κ2) is 7.54. The van der Waals surface area contributed by atoms with Crippen molar-refractivity contribution in [3.05, 3.63) is 0 Å². The number of Topliss-reactive ketones (excluding diaryl/α,β-unsaturated/α-hetero) is 1. The number of rotatable bonds is 3. The van der Waals surface area contributed by atoms with Crippen molar-refractivity contribution < 1.29 is 24.9 Å². The van der Waals surface area contributed by atoms with E-state index in [0.717, 1.165) is 44.9 Å². The summed E-state index contributed by atoms with van der Waals surface area (Å²) in [6.45, 7) is 11.5. The Hall–Kier alpha value is -0.940. The zero-order valence-electron chi connectivity index (χ0n) is 21.9. The zero-order chi connectivity index (χ0) is 24.9. The minimum atomic E-state index is -0.805. The highest BCUT2D eigenvalue weighted by molar-refractivity contribution is 5.85. The summed E-state index contributed by atoms with van der Waals surface area (Å²) in [7, 11) is 0. The number of aliphatic hydroxyl groups excluding tert-OH is 2. The van der Waals surface area contributed by atoms with Crippen LogP contribution in [0.2, 0.25) is 0 Å². The van der Waals surface area contributed by atoms with Crippen LogP contribution in [0.4, 0.5) is 0 Å². The van der Waals surface area contributed by atoms with Crippen LogP contribution in [0.25, 0.3) is 0 Å². The van der Waals surface area contributed by atoms with Crippen LogP contribution in [-0.2, 0) is 9.59 Å². The van der Waals surface area contributed by atoms with Gasteiger partial charge in [0.1, 0.15) is 6.61 Å². The van der Waals surface area contributed by atoms with Gasteiger partial charge in [-0.2, -0.15) is 0 Å². The number of hydrogen-bond donors (Lipinski definition) is 3. The predicted octanol–water partition coefficient (Wildman–Crippen LogP) is 5.07. The molecule has 5 aliphatic carbocycles. The van der Waals surface area contributed by atoms with Crippen molar-refractivity contribution in [1.82, 2.24) is 0 Å². The lowest BCUT2D eigenvalue weighted by atomic mass is 9.32. The first-order chi connectivity index (χ1) is 15.8. The molecule has 10 atom stereocenters. The second-order valence-electron chi connectivity index (χ2n) is 14.3. The number of ketones is 1. The van der Waals surface area contributed by atoms with Gasteiger partial charge in [-0.05, 0) is 110 Å². The monoisotopic (exact) mass is 474 g/mol. The Morgan fingerprint density at radius 3 is 2.15 bits per heavy atom. The molecule has 0 aromatic rings. The fraction of sp³-hybridized carbons (Fsp3) is 0.931. The van der Waals surface area contributed by atoms with Crippen molar-refractivity contribution in [2.75, 3.05) is 6.61 Å². The van der Waals surface area contributed by atoms with Gasteiger partial charge in [0.15, 0.2) is 5.78 Å². The van der Waals surface area contributed by atoms with E-state index in [0.29, 0.717) is 31.1 Å². The summed E-state index contributed by atoms with van der Waals surface area (Å²) in [6, 6.07) is 0. The maximum atomic E-state index is 12.8. The van der Waals surface area contributed by atoms with Crippen molar-refractivity contribution in [3.8, 4) is 0 Å². The Balaban J connectivity index is 1.56. The molecule has 192 valence electrons. The van der Waals surface area contributed by atoms with Crippen LogP contribution in [-0.4, -0.2) is 39.8 Å². The first kappa shape index (κ1) is 24.7. The molecule has 2 unspecified atom stereocenters. The quantitative estimate of drug-likeness (QED) is 0.530. The van der Waals surface area contributed by atoms with Crippen LogP contribution in [0.5, 0.6) is 0 Å². The molecule has 0 saturated heterocycles. The van der Waals surface area contributed by atoms with Crippen LogP contribution in [0, 0.1) is 56.7 Å². The first-order valence-corrected chi connectivity index (χ1v) is 13.8. The molecule has 5 nitrogen and oxygen atoms in total. The van der Waals surface area contributed by atoms with E-state index in [1.807, 2.05) is 0 Å². The van der Waals surface area contributed by atoms with Crippen molar-refractivity contribution >= 4 is 11.8 Å². The molecule has 5 rings (SSSR count). The van der Waals surface area contributed by atoms with Crippen molar-refractivity contribution in [1.29, 1.82) is 0 Å². The highest BCUT2D eigenvalue weighted by atomic mass is 16.4. The number of fused-ring (bicyclic) bond motifs is 7. The molecule has 0 heterocycles. The van der Waals surface area contributed by atoms with Crippen molar-refractivity contribution in [3.63, 3.8) is 0 Å². The molecule has 0 aliphatic heterocycles. The third-order valence-electron chi connectivity index (χ3n) is 13.4. The molecule has 34 heavy (non-hydrogen) atoms. The Morgan fingerprint density at radius 1 is 0.794 bits per heavy atom. The molecule has 3 N–H and O–H groups in total. The minimum absolute atomic E-state index is 0.00789. The largest absolute Gasteiger partial charge is 0.481 e. The third-order valence-corrected chi connectivity index (χ3v) is 13.4. The molecule has 5 saturated carbocycles. The molecule has 0 spiro atoms. The lowest BCUT2D eigenvalue weighted by Crippen LogP contribution is -2.67. The van der Waals surface area contributed by atoms with Crippen molar-refractivity contribution in [2.24, 2.45) is 56.7 Å². The minimum Gasteiger partial charge on any atom is -0.481 e. The van der Waals surface area contributed by atoms with Gasteiger partial charge in [-0.1, -0.05) is 34.6 Å². The Morgan fingerprint density at radius 2 is 1.50 bits per heavy atom. The van der Waals surface area contributed by atoms with E-state index in [-0.39, 0.29) is 51.3 Å². The van der Waals surface area contributed by atoms with E-state index in [2.05, 4.69) is 34.6 Å². The van der Waals surface area contributed by atoms with E-state index >= 15 is 0 Å². The second-order valence-corrected chi connectivity index (χ2v) is 14.3. The standard InChI is InChI=1S/C29H46O5/c1-25(2)20-9-12-28(5)21(26(20,3)11-10-22(25)32)7-6-18-23-17(19(31)16-30)8-13-29(23,24(33)34)15-14-27(18,28)4/h17-18,20-23,30,32H,6-16H2,1-5H3,(H,33,34)/t17-,18+,20?,21+,22-,23?,26-,27+,28+,29-/m0/s1. The van der Waals surface area contributed by atoms with E-state index in [4.69, 9.17) is 0 Å². The first-order valence-electron chi connectivity index (χ1n) is 13.8. The maximum Gasteiger partial charge on any atom is 0.309 e. The normalized spacial score (nSPS) is 53.7. The summed E-state index contributed by atoms with van der Waals surface area (Å²) in [6.07, 6.45) is 8.74. The molecule has 0 radical (unpaired) electrons. The van der Waals surface area contributed by atoms with Gasteiger partial charge in [-0.25, -0.2) is 0 Å². The average Bonchev–Trinajstić information content (AvgIpc) is 3.18. The number of carboxylic acid groups (broad SMARTS) is 1. The predicted molar refractivity (Wildman–Crippen MR) is 130 cm³/mol. The van der Waals surface area contributed by atoms with Gasteiger partial charge in [0.2, 0.25) is 0 Å². The van der Waals surface area contributed by atoms with Gasteiger partial charge in [0.05, 0.1) is 11.5 Å². The number of aliphatic hydroxyl groups is 2. The molecule has 0 aromatic carbocycles. The topological polar surface area (TPSA) is 94.8 Å². The van der Waals surface area contributed by atoms with Gasteiger partial charge < -0.3 is 15.3 Å². The lowest BCUT2D eigenvalue weighted by molar-refractivity contribution is -0.248. The van der Waals surface area contributed by atoms with Crippen LogP contribution >= 0.6 is 0 Å². The molecule has 5 heteroatoms. The SMILES string of the molecule is CC1(C)C2CC[C@]3(C)[C@H](CC[C@@H]4C5[C@H](C(=O)CO)CC[C@]5(C(=O)O)CC[C@]43C)[C@@]2(C)CC[C@@H]1O. The number of carboxylic acids is 1. The van der Waals surface area contributed by atoms with Crippen molar-refractivity contribution in [2.45, 2.75) is 105 Å². The number of hydrogen-bond acceptors (Lipinski definition) is 4. The number of carbonyl (C=O) groups excluding carboxylic acids is 1. The molecule has 5 fully saturated rings. The highest BCUT2D eigenvalue weighted by Gasteiger charge is 2.72. The Labute approximate surface area is 205 Å². The van der Waals surface area contributed by atoms with Crippen LogP contribution in [0.1, 0.15) is 98.8 Å². The van der Waals surface area contributed by atoms with Gasteiger partial charge in [-0.3, -0.25) is 9.59 Å². The summed E-state index contributed by atoms with van der Waals surface area (Å²) in [5.41, 5.74) is -0.616. The third kappa shape index (κ3) is 2.80. The summed E-state index contributed by atoms with van der Waals surface area (Å²) >= 11 is 0. The maximum absolute atomic E-state index is 12.8. The highest BCUT2D eigenvalue weighted by Crippen LogP contribution is 2.77. The summed E-state index contributed by atoms with van der Waals surface area (Å²) < 4.78 is 0. The molecular formula is C29H46O5. The summed E-state index contributed by atoms with van der Waals surface area (Å²) in [4.78, 5) is 25.5. The van der Waals surface area contributed by atoms with E-state index in [9.17, 15) is 24.9 Å². The summed E-state index contributed by atoms with van der Waals surface area (Å²) in [5.74, 6) is -0.0831. The number of carbonyl (C=O) groups is 2. The molecule has 5 aliphatic rings. The van der Waals surface area contributed by atoms with E-state index in [1.54, 1.807) is 0 Å². The number of aliphatic carboxylic acids is 1. The smallest absolute Gasteiger partial charge is 0.309 e. The van der Waals surface area contributed by atoms with Gasteiger partial charge >= 0.3 is 5.97 Å². The molecular weight excluding hydrogens is 428 g/mol. The van der Waals surface area contributed by atoms with Gasteiger partial charge in [0.25, 0.3) is 0 Å². The Bertz CT molecular complexity index is 882. The summed E-state index contributed by atoms with van der Waals surface area (Å²) in [5, 5.41) is 31.0. The molecule has 0 aromatic heterocycles. The zero-order valence-corrected chi connectivity index (χ0v) is 21.9. The fourth-order valence-electron chi connectivity index (χ4n) is 11.4. The van der Waals surface area contributed by atoms with E-state index < -0.39 is 18.0 Å². The van der Waals surface area contributed by atoms with Gasteiger partial charge in [-0.15, -0.1) is 0 Å². The Kier molecular flexibility index (Phi) is 5.48. The average molecular weight is 475 g/mol. The van der Waals surface area contributed by atoms with Crippen LogP contribution in [0.15, 0.2) is 0 Å².